The van der Waals surface area contributed by atoms with Gasteiger partial charge in [-0.25, -0.2) is 4.39 Å². The van der Waals surface area contributed by atoms with Crippen LogP contribution in [0, 0.1) is 18.7 Å². The first-order chi connectivity index (χ1) is 17.5. The molecule has 0 amide bonds. The number of ether oxygens (including phenoxy) is 2. The van der Waals surface area contributed by atoms with E-state index in [-0.39, 0.29) is 25.2 Å². The van der Waals surface area contributed by atoms with E-state index < -0.39 is 27.9 Å². The number of rotatable bonds is 9. The van der Waals surface area contributed by atoms with Crippen molar-refractivity contribution in [3.05, 3.63) is 64.6 Å². The van der Waals surface area contributed by atoms with Crippen molar-refractivity contribution in [3.8, 4) is 5.75 Å². The average molecular weight is 533 g/mol. The summed E-state index contributed by atoms with van der Waals surface area (Å²) in [6.45, 7) is 5.88. The Bertz CT molecular complexity index is 1400. The average Bonchev–Trinajstić information content (AvgIpc) is 3.21. The number of hydrogen-bond acceptors (Lipinski definition) is 7. The number of esters is 1. The Morgan fingerprint density at radius 1 is 1.22 bits per heavy atom. The first kappa shape index (κ1) is 27.1. The molecule has 37 heavy (non-hydrogen) atoms. The van der Waals surface area contributed by atoms with Gasteiger partial charge in [0.15, 0.2) is 0 Å². The van der Waals surface area contributed by atoms with Gasteiger partial charge in [0.25, 0.3) is 10.1 Å². The predicted molar refractivity (Wildman–Crippen MR) is 139 cm³/mol. The van der Waals surface area contributed by atoms with E-state index in [1.807, 2.05) is 18.2 Å². The largest absolute Gasteiger partial charge is 0.491 e. The molecule has 10 heteroatoms. The molecule has 0 bridgehead atoms. The molecule has 0 aliphatic carbocycles. The maximum absolute atomic E-state index is 15.7. The van der Waals surface area contributed by atoms with E-state index in [0.29, 0.717) is 23.4 Å². The van der Waals surface area contributed by atoms with Crippen molar-refractivity contribution in [2.75, 3.05) is 33.1 Å². The van der Waals surface area contributed by atoms with E-state index in [1.54, 1.807) is 13.8 Å². The van der Waals surface area contributed by atoms with E-state index in [0.717, 1.165) is 34.8 Å². The van der Waals surface area contributed by atoms with Gasteiger partial charge in [-0.05, 0) is 49.6 Å². The van der Waals surface area contributed by atoms with Gasteiger partial charge in [0.2, 0.25) is 0 Å². The maximum Gasteiger partial charge on any atom is 0.309 e. The smallest absolute Gasteiger partial charge is 0.309 e. The number of nitrogens with one attached hydrogen (secondary N) is 1. The second-order valence-corrected chi connectivity index (χ2v) is 11.2. The molecule has 2 heterocycles. The Labute approximate surface area is 216 Å². The van der Waals surface area contributed by atoms with Crippen LogP contribution in [0.5, 0.6) is 5.75 Å². The maximum atomic E-state index is 15.7. The number of nitrogens with zero attached hydrogens (tertiary/aromatic N) is 1. The van der Waals surface area contributed by atoms with E-state index in [2.05, 4.69) is 22.9 Å². The van der Waals surface area contributed by atoms with Crippen molar-refractivity contribution in [1.82, 2.24) is 9.88 Å². The number of aromatic nitrogens is 1. The first-order valence-electron chi connectivity index (χ1n) is 12.2. The van der Waals surface area contributed by atoms with Crippen molar-refractivity contribution in [2.24, 2.45) is 5.92 Å². The summed E-state index contributed by atoms with van der Waals surface area (Å²) >= 11 is 0. The summed E-state index contributed by atoms with van der Waals surface area (Å²) in [5, 5.41) is 1.10. The number of methoxy groups -OCH3 is 1. The fourth-order valence-corrected chi connectivity index (χ4v) is 5.57. The minimum absolute atomic E-state index is 0.00958. The number of para-hydroxylation sites is 1. The minimum Gasteiger partial charge on any atom is -0.491 e. The first-order valence-corrected chi connectivity index (χ1v) is 14.0. The van der Waals surface area contributed by atoms with Crippen molar-refractivity contribution in [1.29, 1.82) is 0 Å². The molecule has 1 aliphatic heterocycles. The van der Waals surface area contributed by atoms with Crippen LogP contribution in [0.3, 0.4) is 0 Å². The molecule has 1 aromatic heterocycles. The Kier molecular flexibility index (Phi) is 7.91. The van der Waals surface area contributed by atoms with Gasteiger partial charge in [-0.2, -0.15) is 8.42 Å². The molecular formula is C27H33FN2O6S. The van der Waals surface area contributed by atoms with Gasteiger partial charge in [-0.1, -0.05) is 25.1 Å². The van der Waals surface area contributed by atoms with E-state index >= 15 is 4.39 Å². The van der Waals surface area contributed by atoms with Crippen molar-refractivity contribution in [2.45, 2.75) is 39.3 Å². The zero-order chi connectivity index (χ0) is 26.9. The van der Waals surface area contributed by atoms with Gasteiger partial charge in [-0.3, -0.25) is 13.9 Å². The molecule has 8 nitrogen and oxygen atoms in total. The Morgan fingerprint density at radius 3 is 2.65 bits per heavy atom. The fraction of sp³-hybridized carbons (Fsp3) is 0.444. The third-order valence-electron chi connectivity index (χ3n) is 6.93. The van der Waals surface area contributed by atoms with Gasteiger partial charge >= 0.3 is 5.97 Å². The molecule has 200 valence electrons. The number of hydrogen-bond donors (Lipinski definition) is 1. The number of halogens is 1. The molecule has 0 spiro atoms. The lowest BCUT2D eigenvalue weighted by Gasteiger charge is -2.42. The van der Waals surface area contributed by atoms with Crippen LogP contribution in [-0.4, -0.2) is 63.4 Å². The number of carbonyl (C=O) groups is 1. The monoisotopic (exact) mass is 532 g/mol. The lowest BCUT2D eigenvalue weighted by molar-refractivity contribution is -0.145. The summed E-state index contributed by atoms with van der Waals surface area (Å²) in [5.41, 5.74) is 4.02. The zero-order valence-electron chi connectivity index (χ0n) is 21.7. The van der Waals surface area contributed by atoms with Crippen molar-refractivity contribution >= 4 is 27.0 Å². The number of carbonyl (C=O) groups excluding carboxylic acids is 1. The molecule has 0 saturated carbocycles. The fourth-order valence-electron chi connectivity index (χ4n) is 5.20. The summed E-state index contributed by atoms with van der Waals surface area (Å²) in [6.07, 6.45) is 1.71. The van der Waals surface area contributed by atoms with Crippen LogP contribution in [0.25, 0.3) is 10.9 Å². The van der Waals surface area contributed by atoms with Gasteiger partial charge in [0, 0.05) is 34.7 Å². The molecule has 1 aliphatic rings. The molecular weight excluding hydrogens is 499 g/mol. The molecule has 1 N–H and O–H groups in total. The number of aromatic amines is 1. The topological polar surface area (TPSA) is 97.9 Å². The normalized spacial score (nSPS) is 19.0. The molecule has 3 atom stereocenters. The summed E-state index contributed by atoms with van der Waals surface area (Å²) in [5.74, 6) is -0.701. The lowest BCUT2D eigenvalue weighted by atomic mass is 9.86. The second kappa shape index (κ2) is 10.8. The van der Waals surface area contributed by atoms with Crippen LogP contribution in [0.1, 0.15) is 42.3 Å². The molecule has 4 rings (SSSR count). The molecule has 1 unspecified atom stereocenters. The Morgan fingerprint density at radius 2 is 1.95 bits per heavy atom. The second-order valence-electron chi connectivity index (χ2n) is 9.60. The number of fused-ring (bicyclic) bond motifs is 3. The van der Waals surface area contributed by atoms with E-state index in [4.69, 9.17) is 13.7 Å². The summed E-state index contributed by atoms with van der Waals surface area (Å²) in [6, 6.07) is 10.4. The lowest BCUT2D eigenvalue weighted by Crippen LogP contribution is -2.46. The zero-order valence-corrected chi connectivity index (χ0v) is 22.5. The van der Waals surface area contributed by atoms with Crippen LogP contribution >= 0.6 is 0 Å². The van der Waals surface area contributed by atoms with Crippen LogP contribution in [0.2, 0.25) is 0 Å². The van der Waals surface area contributed by atoms with Crippen LogP contribution in [0.4, 0.5) is 4.39 Å². The number of benzene rings is 2. The highest BCUT2D eigenvalue weighted by atomic mass is 32.2. The van der Waals surface area contributed by atoms with Gasteiger partial charge in [-0.15, -0.1) is 0 Å². The standard InChI is InChI=1S/C27H33FN2O6S/c1-16(27(31)34-4)15-30-17(2)14-20-19-8-6-7-9-22(19)29-25(20)26(30)24-18(3)23(11-10-21(24)28)35-12-13-36-37(5,32)33/h6-11,16-17,26,29H,12-15H2,1-5H3/t16?,17-,26-/m1/s1. The van der Waals surface area contributed by atoms with Gasteiger partial charge in [0.05, 0.1) is 25.3 Å². The third kappa shape index (κ3) is 5.66. The Balaban J connectivity index is 1.79. The van der Waals surface area contributed by atoms with Crippen LogP contribution in [0.15, 0.2) is 36.4 Å². The van der Waals surface area contributed by atoms with Crippen molar-refractivity contribution in [3.63, 3.8) is 0 Å². The highest BCUT2D eigenvalue weighted by Crippen LogP contribution is 2.44. The van der Waals surface area contributed by atoms with Crippen LogP contribution in [-0.2, 0) is 30.3 Å². The SMILES string of the molecule is COC(=O)C(C)CN1[C@H](c2c(F)ccc(OCCOS(C)(=O)=O)c2C)c2[nH]c3ccccc3c2C[C@H]1C. The summed E-state index contributed by atoms with van der Waals surface area (Å²) in [7, 11) is -2.22. The van der Waals surface area contributed by atoms with Gasteiger partial charge in [0.1, 0.15) is 24.8 Å². The highest BCUT2D eigenvalue weighted by Gasteiger charge is 2.39. The minimum atomic E-state index is -3.59. The van der Waals surface area contributed by atoms with Gasteiger partial charge < -0.3 is 14.5 Å². The van der Waals surface area contributed by atoms with Crippen molar-refractivity contribution < 1.29 is 31.3 Å². The quantitative estimate of drug-likeness (QED) is 0.252. The predicted octanol–water partition coefficient (Wildman–Crippen LogP) is 4.12. The van der Waals surface area contributed by atoms with E-state index in [9.17, 15) is 13.2 Å². The molecule has 2 aromatic carbocycles. The molecule has 0 radical (unpaired) electrons. The van der Waals surface area contributed by atoms with Crippen LogP contribution < -0.4 is 4.74 Å². The Hall–Kier alpha value is -2.95. The summed E-state index contributed by atoms with van der Waals surface area (Å²) < 4.78 is 53.7. The highest BCUT2D eigenvalue weighted by molar-refractivity contribution is 7.85. The molecule has 0 saturated heterocycles. The molecule has 3 aromatic rings. The third-order valence-corrected chi connectivity index (χ3v) is 7.52. The molecule has 0 fully saturated rings. The van der Waals surface area contributed by atoms with E-state index in [1.165, 1.54) is 19.2 Å². The summed E-state index contributed by atoms with van der Waals surface area (Å²) in [4.78, 5) is 18.0. The number of H-pyrrole nitrogens is 1.